The molecule has 20 heavy (non-hydrogen) atoms. The first kappa shape index (κ1) is 16.8. The third kappa shape index (κ3) is 4.39. The number of aliphatic carboxylic acids is 1. The number of rotatable bonds is 3. The Hall–Kier alpha value is -1.26. The lowest BCUT2D eigenvalue weighted by atomic mass is 9.75. The Bertz CT molecular complexity index is 353. The van der Waals surface area contributed by atoms with Crippen molar-refractivity contribution >= 4 is 12.0 Å². The zero-order valence-electron chi connectivity index (χ0n) is 13.3. The van der Waals surface area contributed by atoms with Crippen LogP contribution in [0.3, 0.4) is 0 Å². The van der Waals surface area contributed by atoms with Crippen LogP contribution in [0.25, 0.3) is 0 Å². The van der Waals surface area contributed by atoms with Crippen molar-refractivity contribution in [1.82, 2.24) is 10.2 Å². The van der Waals surface area contributed by atoms with Crippen LogP contribution in [0.1, 0.15) is 47.5 Å². The largest absolute Gasteiger partial charge is 0.480 e. The Morgan fingerprint density at radius 3 is 2.05 bits per heavy atom. The normalized spacial score (nSPS) is 19.0. The molecule has 0 aromatic heterocycles. The Morgan fingerprint density at radius 2 is 1.70 bits per heavy atom. The molecule has 5 nitrogen and oxygen atoms in total. The standard InChI is InChI=1S/C15H28N2O3/c1-10(2)12(13(18)19)16-14(20)17-8-6-11(7-9-17)15(3,4)5/h10-12H,6-9H2,1-5H3,(H,16,20)(H,18,19). The molecule has 0 bridgehead atoms. The van der Waals surface area contributed by atoms with E-state index in [4.69, 9.17) is 5.11 Å². The van der Waals surface area contributed by atoms with Gasteiger partial charge in [-0.05, 0) is 30.1 Å². The molecule has 0 aromatic carbocycles. The Labute approximate surface area is 121 Å². The van der Waals surface area contributed by atoms with Gasteiger partial charge in [0.2, 0.25) is 0 Å². The van der Waals surface area contributed by atoms with Gasteiger partial charge in [0, 0.05) is 13.1 Å². The fraction of sp³-hybridized carbons (Fsp3) is 0.867. The summed E-state index contributed by atoms with van der Waals surface area (Å²) in [5, 5.41) is 11.7. The van der Waals surface area contributed by atoms with Gasteiger partial charge in [-0.3, -0.25) is 0 Å². The maximum atomic E-state index is 12.1. The minimum absolute atomic E-state index is 0.122. The Kier molecular flexibility index (Phi) is 5.42. The second-order valence-corrected chi connectivity index (χ2v) is 7.14. The molecule has 0 radical (unpaired) electrons. The smallest absolute Gasteiger partial charge is 0.326 e. The van der Waals surface area contributed by atoms with Gasteiger partial charge in [-0.15, -0.1) is 0 Å². The predicted molar refractivity (Wildman–Crippen MR) is 78.5 cm³/mol. The Morgan fingerprint density at radius 1 is 1.20 bits per heavy atom. The topological polar surface area (TPSA) is 69.6 Å². The molecule has 1 fully saturated rings. The second kappa shape index (κ2) is 6.46. The molecule has 2 N–H and O–H groups in total. The minimum Gasteiger partial charge on any atom is -0.480 e. The van der Waals surface area contributed by atoms with Crippen molar-refractivity contribution in [3.8, 4) is 0 Å². The van der Waals surface area contributed by atoms with Crippen LogP contribution in [0, 0.1) is 17.3 Å². The van der Waals surface area contributed by atoms with Crippen LogP contribution in [0.2, 0.25) is 0 Å². The SMILES string of the molecule is CC(C)C(NC(=O)N1CCC(C(C)(C)C)CC1)C(=O)O. The number of amides is 2. The van der Waals surface area contributed by atoms with Gasteiger partial charge < -0.3 is 15.3 Å². The summed E-state index contributed by atoms with van der Waals surface area (Å²) in [6.45, 7) is 11.7. The van der Waals surface area contributed by atoms with E-state index in [0.29, 0.717) is 19.0 Å². The van der Waals surface area contributed by atoms with Crippen LogP contribution in [0.15, 0.2) is 0 Å². The van der Waals surface area contributed by atoms with Crippen LogP contribution in [0.5, 0.6) is 0 Å². The first-order chi connectivity index (χ1) is 9.12. The van der Waals surface area contributed by atoms with Gasteiger partial charge in [0.25, 0.3) is 0 Å². The number of urea groups is 1. The summed E-state index contributed by atoms with van der Waals surface area (Å²) in [4.78, 5) is 25.0. The van der Waals surface area contributed by atoms with E-state index in [-0.39, 0.29) is 17.4 Å². The van der Waals surface area contributed by atoms with E-state index in [0.717, 1.165) is 12.8 Å². The maximum Gasteiger partial charge on any atom is 0.326 e. The van der Waals surface area contributed by atoms with Crippen molar-refractivity contribution in [3.63, 3.8) is 0 Å². The van der Waals surface area contributed by atoms with E-state index in [1.54, 1.807) is 18.7 Å². The van der Waals surface area contributed by atoms with Crippen LogP contribution < -0.4 is 5.32 Å². The van der Waals surface area contributed by atoms with Crippen molar-refractivity contribution in [2.45, 2.75) is 53.5 Å². The first-order valence-electron chi connectivity index (χ1n) is 7.41. The fourth-order valence-electron chi connectivity index (χ4n) is 2.69. The fourth-order valence-corrected chi connectivity index (χ4v) is 2.69. The molecule has 5 heteroatoms. The molecular formula is C15H28N2O3. The van der Waals surface area contributed by atoms with Gasteiger partial charge in [0.05, 0.1) is 0 Å². The van der Waals surface area contributed by atoms with Gasteiger partial charge in [-0.25, -0.2) is 9.59 Å². The van der Waals surface area contributed by atoms with Crippen molar-refractivity contribution in [1.29, 1.82) is 0 Å². The van der Waals surface area contributed by atoms with Crippen LogP contribution in [-0.4, -0.2) is 41.1 Å². The van der Waals surface area contributed by atoms with Gasteiger partial charge in [-0.2, -0.15) is 0 Å². The number of hydrogen-bond donors (Lipinski definition) is 2. The van der Waals surface area contributed by atoms with E-state index < -0.39 is 12.0 Å². The summed E-state index contributed by atoms with van der Waals surface area (Å²) in [5.41, 5.74) is 0.268. The van der Waals surface area contributed by atoms with Crippen LogP contribution in [-0.2, 0) is 4.79 Å². The molecule has 0 aliphatic carbocycles. The van der Waals surface area contributed by atoms with Crippen molar-refractivity contribution < 1.29 is 14.7 Å². The van der Waals surface area contributed by atoms with Crippen LogP contribution in [0.4, 0.5) is 4.79 Å². The third-order valence-corrected chi connectivity index (χ3v) is 4.22. The molecule has 1 heterocycles. The van der Waals surface area contributed by atoms with E-state index in [1.807, 2.05) is 0 Å². The summed E-state index contributed by atoms with van der Waals surface area (Å²) in [6.07, 6.45) is 1.96. The highest BCUT2D eigenvalue weighted by atomic mass is 16.4. The zero-order valence-corrected chi connectivity index (χ0v) is 13.3. The van der Waals surface area contributed by atoms with E-state index in [1.165, 1.54) is 0 Å². The second-order valence-electron chi connectivity index (χ2n) is 7.14. The summed E-state index contributed by atoms with van der Waals surface area (Å²) >= 11 is 0. The lowest BCUT2D eigenvalue weighted by Gasteiger charge is -2.39. The molecule has 2 amide bonds. The summed E-state index contributed by atoms with van der Waals surface area (Å²) in [6, 6.07) is -1.07. The molecule has 1 unspecified atom stereocenters. The number of carbonyl (C=O) groups is 2. The quantitative estimate of drug-likeness (QED) is 0.837. The van der Waals surface area contributed by atoms with Gasteiger partial charge in [0.1, 0.15) is 6.04 Å². The molecule has 1 saturated heterocycles. The lowest BCUT2D eigenvalue weighted by Crippen LogP contribution is -2.52. The maximum absolute atomic E-state index is 12.1. The van der Waals surface area contributed by atoms with Crippen molar-refractivity contribution in [3.05, 3.63) is 0 Å². The molecule has 1 rings (SSSR count). The van der Waals surface area contributed by atoms with Crippen molar-refractivity contribution in [2.24, 2.45) is 17.3 Å². The Balaban J connectivity index is 2.53. The summed E-state index contributed by atoms with van der Waals surface area (Å²) < 4.78 is 0. The first-order valence-corrected chi connectivity index (χ1v) is 7.41. The predicted octanol–water partition coefficient (Wildman–Crippen LogP) is 2.56. The van der Waals surface area contributed by atoms with Crippen molar-refractivity contribution in [2.75, 3.05) is 13.1 Å². The van der Waals surface area contributed by atoms with E-state index in [9.17, 15) is 9.59 Å². The number of piperidine rings is 1. The number of hydrogen-bond acceptors (Lipinski definition) is 2. The van der Waals surface area contributed by atoms with E-state index in [2.05, 4.69) is 26.1 Å². The third-order valence-electron chi connectivity index (χ3n) is 4.22. The average Bonchev–Trinajstić information content (AvgIpc) is 2.34. The number of carboxylic acid groups (broad SMARTS) is 1. The highest BCUT2D eigenvalue weighted by Gasteiger charge is 2.32. The molecule has 0 spiro atoms. The summed E-state index contributed by atoms with van der Waals surface area (Å²) in [7, 11) is 0. The highest BCUT2D eigenvalue weighted by Crippen LogP contribution is 2.34. The number of likely N-dealkylation sites (tertiary alicyclic amines) is 1. The highest BCUT2D eigenvalue weighted by molar-refractivity contribution is 5.82. The summed E-state index contributed by atoms with van der Waals surface area (Å²) in [5.74, 6) is -0.478. The monoisotopic (exact) mass is 284 g/mol. The molecule has 116 valence electrons. The lowest BCUT2D eigenvalue weighted by molar-refractivity contribution is -0.140. The molecule has 1 atom stereocenters. The number of nitrogens with one attached hydrogen (secondary N) is 1. The molecular weight excluding hydrogens is 256 g/mol. The minimum atomic E-state index is -0.974. The number of nitrogens with zero attached hydrogens (tertiary/aromatic N) is 1. The van der Waals surface area contributed by atoms with Gasteiger partial charge in [-0.1, -0.05) is 34.6 Å². The molecule has 0 saturated carbocycles. The molecule has 0 aromatic rings. The number of carbonyl (C=O) groups excluding carboxylic acids is 1. The zero-order chi connectivity index (χ0) is 15.5. The van der Waals surface area contributed by atoms with E-state index >= 15 is 0 Å². The van der Waals surface area contributed by atoms with Gasteiger partial charge in [0.15, 0.2) is 0 Å². The molecule has 1 aliphatic heterocycles. The average molecular weight is 284 g/mol. The van der Waals surface area contributed by atoms with Crippen LogP contribution >= 0.6 is 0 Å². The number of carboxylic acids is 1. The molecule has 1 aliphatic rings. The van der Waals surface area contributed by atoms with Gasteiger partial charge >= 0.3 is 12.0 Å².